The fraction of sp³-hybridized carbons (Fsp3) is 0.188. The van der Waals surface area contributed by atoms with Crippen LogP contribution >= 0.6 is 31.9 Å². The standard InChI is InChI=1S/C16H12Br2N2O/c17-12-1-3-15(11(6-12)8-19)20-9-14-7-10-5-13(18)2-4-16(10)21-14/h1-6,14,20H,7,9H2. The summed E-state index contributed by atoms with van der Waals surface area (Å²) in [7, 11) is 0. The van der Waals surface area contributed by atoms with E-state index in [0.29, 0.717) is 12.1 Å². The lowest BCUT2D eigenvalue weighted by Gasteiger charge is -2.14. The maximum atomic E-state index is 9.16. The van der Waals surface area contributed by atoms with Crippen molar-refractivity contribution in [1.29, 1.82) is 5.26 Å². The molecule has 1 aliphatic rings. The molecule has 1 atom stereocenters. The van der Waals surface area contributed by atoms with Crippen LogP contribution in [-0.2, 0) is 6.42 Å². The van der Waals surface area contributed by atoms with Crippen LogP contribution in [0.1, 0.15) is 11.1 Å². The van der Waals surface area contributed by atoms with E-state index in [1.165, 1.54) is 5.56 Å². The SMILES string of the molecule is N#Cc1cc(Br)ccc1NCC1Cc2cc(Br)ccc2O1. The molecule has 5 heteroatoms. The van der Waals surface area contributed by atoms with Crippen LogP contribution in [0.15, 0.2) is 45.3 Å². The highest BCUT2D eigenvalue weighted by molar-refractivity contribution is 9.10. The number of benzene rings is 2. The lowest BCUT2D eigenvalue weighted by Crippen LogP contribution is -2.24. The van der Waals surface area contributed by atoms with Gasteiger partial charge in [-0.05, 0) is 42.0 Å². The van der Waals surface area contributed by atoms with Gasteiger partial charge in [0.1, 0.15) is 17.9 Å². The molecule has 2 aromatic carbocycles. The number of hydrogen-bond acceptors (Lipinski definition) is 3. The number of hydrogen-bond donors (Lipinski definition) is 1. The molecule has 1 unspecified atom stereocenters. The van der Waals surface area contributed by atoms with Gasteiger partial charge in [0.15, 0.2) is 0 Å². The molecular weight excluding hydrogens is 396 g/mol. The normalized spacial score (nSPS) is 16.0. The monoisotopic (exact) mass is 406 g/mol. The summed E-state index contributed by atoms with van der Waals surface area (Å²) in [5.74, 6) is 0.946. The van der Waals surface area contributed by atoms with Crippen molar-refractivity contribution in [2.75, 3.05) is 11.9 Å². The molecule has 21 heavy (non-hydrogen) atoms. The molecule has 0 aromatic heterocycles. The molecule has 1 heterocycles. The van der Waals surface area contributed by atoms with E-state index < -0.39 is 0 Å². The van der Waals surface area contributed by atoms with E-state index in [1.807, 2.05) is 30.3 Å². The van der Waals surface area contributed by atoms with Gasteiger partial charge < -0.3 is 10.1 Å². The molecule has 0 spiro atoms. The highest BCUT2D eigenvalue weighted by Crippen LogP contribution is 2.31. The number of nitrogens with one attached hydrogen (secondary N) is 1. The van der Waals surface area contributed by atoms with Gasteiger partial charge in [-0.15, -0.1) is 0 Å². The number of rotatable bonds is 3. The van der Waals surface area contributed by atoms with Crippen LogP contribution in [0, 0.1) is 11.3 Å². The summed E-state index contributed by atoms with van der Waals surface area (Å²) >= 11 is 6.85. The van der Waals surface area contributed by atoms with Crippen LogP contribution in [0.4, 0.5) is 5.69 Å². The summed E-state index contributed by atoms with van der Waals surface area (Å²) in [6, 6.07) is 13.9. The van der Waals surface area contributed by atoms with Crippen molar-refractivity contribution in [3.8, 4) is 11.8 Å². The lowest BCUT2D eigenvalue weighted by atomic mass is 10.1. The maximum absolute atomic E-state index is 9.16. The minimum absolute atomic E-state index is 0.0875. The first-order chi connectivity index (χ1) is 10.2. The van der Waals surface area contributed by atoms with Crippen molar-refractivity contribution in [2.24, 2.45) is 0 Å². The van der Waals surface area contributed by atoms with Gasteiger partial charge in [-0.25, -0.2) is 0 Å². The van der Waals surface area contributed by atoms with Gasteiger partial charge in [-0.3, -0.25) is 0 Å². The predicted octanol–water partition coefficient (Wildman–Crippen LogP) is 4.50. The third kappa shape index (κ3) is 3.22. The van der Waals surface area contributed by atoms with Gasteiger partial charge in [0, 0.05) is 15.4 Å². The molecule has 1 N–H and O–H groups in total. The smallest absolute Gasteiger partial charge is 0.123 e. The number of nitrogens with zero attached hydrogens (tertiary/aromatic N) is 1. The lowest BCUT2D eigenvalue weighted by molar-refractivity contribution is 0.246. The Hall–Kier alpha value is -1.51. The van der Waals surface area contributed by atoms with Crippen LogP contribution < -0.4 is 10.1 Å². The van der Waals surface area contributed by atoms with Crippen molar-refractivity contribution in [3.63, 3.8) is 0 Å². The Balaban J connectivity index is 1.67. The molecule has 0 saturated carbocycles. The van der Waals surface area contributed by atoms with Crippen molar-refractivity contribution >= 4 is 37.5 Å². The fourth-order valence-electron chi connectivity index (χ4n) is 2.39. The Morgan fingerprint density at radius 3 is 2.76 bits per heavy atom. The number of fused-ring (bicyclic) bond motifs is 1. The van der Waals surface area contributed by atoms with E-state index in [4.69, 9.17) is 10.00 Å². The van der Waals surface area contributed by atoms with E-state index in [0.717, 1.165) is 26.8 Å². The zero-order valence-corrected chi connectivity index (χ0v) is 14.2. The van der Waals surface area contributed by atoms with E-state index >= 15 is 0 Å². The average molecular weight is 408 g/mol. The molecule has 106 valence electrons. The Labute approximate surface area is 140 Å². The third-order valence-corrected chi connectivity index (χ3v) is 4.37. The van der Waals surface area contributed by atoms with Gasteiger partial charge in [0.25, 0.3) is 0 Å². The second-order valence-corrected chi connectivity index (χ2v) is 6.71. The van der Waals surface area contributed by atoms with E-state index in [-0.39, 0.29) is 6.10 Å². The number of anilines is 1. The molecule has 0 amide bonds. The number of nitriles is 1. The molecular formula is C16H12Br2N2O. The van der Waals surface area contributed by atoms with Crippen LogP contribution in [0.5, 0.6) is 5.75 Å². The maximum Gasteiger partial charge on any atom is 0.123 e. The molecule has 0 radical (unpaired) electrons. The van der Waals surface area contributed by atoms with Crippen LogP contribution in [0.25, 0.3) is 0 Å². The Bertz CT molecular complexity index is 725. The predicted molar refractivity (Wildman–Crippen MR) is 89.6 cm³/mol. The minimum Gasteiger partial charge on any atom is -0.488 e. The Morgan fingerprint density at radius 1 is 1.19 bits per heavy atom. The summed E-state index contributed by atoms with van der Waals surface area (Å²) in [6.45, 7) is 0.669. The summed E-state index contributed by atoms with van der Waals surface area (Å²) < 4.78 is 7.87. The average Bonchev–Trinajstić information content (AvgIpc) is 2.87. The van der Waals surface area contributed by atoms with Crippen LogP contribution in [0.2, 0.25) is 0 Å². The summed E-state index contributed by atoms with van der Waals surface area (Å²) in [5, 5.41) is 12.5. The highest BCUT2D eigenvalue weighted by atomic mass is 79.9. The largest absolute Gasteiger partial charge is 0.488 e. The second kappa shape index (κ2) is 6.08. The number of ether oxygens (including phenoxy) is 1. The zero-order valence-electron chi connectivity index (χ0n) is 11.1. The topological polar surface area (TPSA) is 45.0 Å². The van der Waals surface area contributed by atoms with Crippen LogP contribution in [0.3, 0.4) is 0 Å². The first-order valence-electron chi connectivity index (χ1n) is 6.54. The zero-order chi connectivity index (χ0) is 14.8. The quantitative estimate of drug-likeness (QED) is 0.814. The van der Waals surface area contributed by atoms with Crippen molar-refractivity contribution in [3.05, 3.63) is 56.5 Å². The van der Waals surface area contributed by atoms with E-state index in [2.05, 4.69) is 49.3 Å². The first kappa shape index (κ1) is 14.4. The summed E-state index contributed by atoms with van der Waals surface area (Å²) in [5.41, 5.74) is 2.68. The molecule has 2 aromatic rings. The fourth-order valence-corrected chi connectivity index (χ4v) is 3.16. The van der Waals surface area contributed by atoms with E-state index in [1.54, 1.807) is 0 Å². The molecule has 1 aliphatic heterocycles. The molecule has 0 aliphatic carbocycles. The third-order valence-electron chi connectivity index (χ3n) is 3.39. The molecule has 3 rings (SSSR count). The van der Waals surface area contributed by atoms with Gasteiger partial charge in [0.2, 0.25) is 0 Å². The van der Waals surface area contributed by atoms with Crippen molar-refractivity contribution in [1.82, 2.24) is 0 Å². The Kier molecular flexibility index (Phi) is 4.18. The van der Waals surface area contributed by atoms with Gasteiger partial charge in [-0.1, -0.05) is 31.9 Å². The van der Waals surface area contributed by atoms with Gasteiger partial charge in [-0.2, -0.15) is 5.26 Å². The molecule has 3 nitrogen and oxygen atoms in total. The minimum atomic E-state index is 0.0875. The summed E-state index contributed by atoms with van der Waals surface area (Å²) in [4.78, 5) is 0. The first-order valence-corrected chi connectivity index (χ1v) is 8.13. The van der Waals surface area contributed by atoms with E-state index in [9.17, 15) is 0 Å². The van der Waals surface area contributed by atoms with Crippen molar-refractivity contribution < 1.29 is 4.74 Å². The number of halogens is 2. The molecule has 0 bridgehead atoms. The summed E-state index contributed by atoms with van der Waals surface area (Å²) in [6.07, 6.45) is 0.963. The molecule has 0 fully saturated rings. The van der Waals surface area contributed by atoms with Gasteiger partial charge in [0.05, 0.1) is 17.8 Å². The molecule has 0 saturated heterocycles. The van der Waals surface area contributed by atoms with Crippen molar-refractivity contribution in [2.45, 2.75) is 12.5 Å². The van der Waals surface area contributed by atoms with Gasteiger partial charge >= 0.3 is 0 Å². The van der Waals surface area contributed by atoms with Crippen LogP contribution in [-0.4, -0.2) is 12.6 Å². The second-order valence-electron chi connectivity index (χ2n) is 4.88. The Morgan fingerprint density at radius 2 is 1.95 bits per heavy atom. The highest BCUT2D eigenvalue weighted by Gasteiger charge is 2.22.